The Kier molecular flexibility index (Phi) is 5.01. The van der Waals surface area contributed by atoms with E-state index >= 15 is 0 Å². The monoisotopic (exact) mass is 361 g/mol. The fraction of sp³-hybridized carbons (Fsp3) is 0.167. The van der Waals surface area contributed by atoms with Gasteiger partial charge in [0, 0.05) is 17.7 Å². The third kappa shape index (κ3) is 4.27. The Morgan fingerprint density at radius 2 is 1.85 bits per heavy atom. The third-order valence-electron chi connectivity index (χ3n) is 3.59. The van der Waals surface area contributed by atoms with Crippen LogP contribution in [0, 0.1) is 0 Å². The minimum Gasteiger partial charge on any atom is -0.352 e. The van der Waals surface area contributed by atoms with Crippen LogP contribution in [-0.4, -0.2) is 22.6 Å². The van der Waals surface area contributed by atoms with Crippen molar-refractivity contribution in [1.82, 2.24) is 15.5 Å². The van der Waals surface area contributed by atoms with Crippen LogP contribution in [0.15, 0.2) is 59.1 Å². The maximum absolute atomic E-state index is 12.5. The number of halogens is 3. The van der Waals surface area contributed by atoms with Crippen molar-refractivity contribution in [3.63, 3.8) is 0 Å². The molecule has 1 aromatic heterocycles. The molecule has 0 aliphatic rings. The van der Waals surface area contributed by atoms with Crippen LogP contribution in [0.5, 0.6) is 0 Å². The van der Waals surface area contributed by atoms with E-state index in [0.29, 0.717) is 18.5 Å². The fourth-order valence-corrected chi connectivity index (χ4v) is 2.32. The summed E-state index contributed by atoms with van der Waals surface area (Å²) >= 11 is 0. The number of carbonyl (C=O) groups excluding carboxylic acids is 1. The molecule has 3 rings (SSSR count). The van der Waals surface area contributed by atoms with Crippen molar-refractivity contribution in [2.45, 2.75) is 12.6 Å². The predicted molar refractivity (Wildman–Crippen MR) is 87.2 cm³/mol. The highest BCUT2D eigenvalue weighted by Gasteiger charge is 2.38. The van der Waals surface area contributed by atoms with Crippen LogP contribution < -0.4 is 5.32 Å². The van der Waals surface area contributed by atoms with Crippen LogP contribution in [0.1, 0.15) is 21.8 Å². The molecule has 0 atom stereocenters. The number of nitrogens with zero attached hydrogens (tertiary/aromatic N) is 2. The molecule has 0 unspecified atom stereocenters. The molecule has 5 nitrogen and oxygen atoms in total. The minimum atomic E-state index is -4.71. The van der Waals surface area contributed by atoms with Crippen LogP contribution in [0.3, 0.4) is 0 Å². The van der Waals surface area contributed by atoms with Gasteiger partial charge in [0.1, 0.15) is 0 Å². The van der Waals surface area contributed by atoms with Gasteiger partial charge in [-0.25, -0.2) is 0 Å². The zero-order valence-corrected chi connectivity index (χ0v) is 13.5. The molecule has 2 aromatic carbocycles. The Balaban J connectivity index is 1.66. The number of amides is 1. The van der Waals surface area contributed by atoms with E-state index in [1.807, 2.05) is 30.3 Å². The molecule has 26 heavy (non-hydrogen) atoms. The summed E-state index contributed by atoms with van der Waals surface area (Å²) < 4.78 is 41.8. The number of hydrogen-bond acceptors (Lipinski definition) is 4. The number of benzene rings is 2. The molecule has 1 amide bonds. The van der Waals surface area contributed by atoms with Gasteiger partial charge < -0.3 is 9.84 Å². The molecule has 0 saturated heterocycles. The van der Waals surface area contributed by atoms with Crippen LogP contribution >= 0.6 is 0 Å². The van der Waals surface area contributed by atoms with Crippen LogP contribution in [0.2, 0.25) is 0 Å². The maximum atomic E-state index is 12.5. The van der Waals surface area contributed by atoms with Gasteiger partial charge in [0.05, 0.1) is 0 Å². The molecule has 0 aliphatic carbocycles. The summed E-state index contributed by atoms with van der Waals surface area (Å²) in [5.74, 6) is -1.98. The van der Waals surface area contributed by atoms with Crippen molar-refractivity contribution in [3.8, 4) is 11.4 Å². The average Bonchev–Trinajstić information content (AvgIpc) is 3.13. The predicted octanol–water partition coefficient (Wildman–Crippen LogP) is 3.73. The molecule has 134 valence electrons. The molecule has 0 saturated carbocycles. The quantitative estimate of drug-likeness (QED) is 0.752. The van der Waals surface area contributed by atoms with E-state index < -0.39 is 12.1 Å². The smallest absolute Gasteiger partial charge is 0.352 e. The van der Waals surface area contributed by atoms with Gasteiger partial charge in [-0.15, -0.1) is 0 Å². The van der Waals surface area contributed by atoms with Gasteiger partial charge in [-0.2, -0.15) is 18.2 Å². The first-order valence-electron chi connectivity index (χ1n) is 7.77. The van der Waals surface area contributed by atoms with E-state index in [2.05, 4.69) is 20.0 Å². The second-order valence-corrected chi connectivity index (χ2v) is 5.49. The minimum absolute atomic E-state index is 0.226. The van der Waals surface area contributed by atoms with Crippen molar-refractivity contribution in [1.29, 1.82) is 0 Å². The van der Waals surface area contributed by atoms with Gasteiger partial charge in [0.25, 0.3) is 5.91 Å². The summed E-state index contributed by atoms with van der Waals surface area (Å²) in [5.41, 5.74) is 1.65. The lowest BCUT2D eigenvalue weighted by Crippen LogP contribution is -2.25. The lowest BCUT2D eigenvalue weighted by molar-refractivity contribution is -0.159. The summed E-state index contributed by atoms with van der Waals surface area (Å²) in [5, 5.41) is 6.09. The Morgan fingerprint density at radius 3 is 2.54 bits per heavy atom. The van der Waals surface area contributed by atoms with Crippen LogP contribution in [0.4, 0.5) is 13.2 Å². The van der Waals surface area contributed by atoms with Crippen molar-refractivity contribution in [2.24, 2.45) is 0 Å². The molecule has 8 heteroatoms. The second-order valence-electron chi connectivity index (χ2n) is 5.49. The summed E-state index contributed by atoms with van der Waals surface area (Å²) in [4.78, 5) is 15.5. The number of alkyl halides is 3. The number of carbonyl (C=O) groups is 1. The standard InChI is InChI=1S/C18H14F3N3O2/c19-18(20,21)17-23-15(24-26-17)13-7-4-8-14(11-13)16(25)22-10-9-12-5-2-1-3-6-12/h1-8,11H,9-10H2,(H,22,25). The van der Waals surface area contributed by atoms with Gasteiger partial charge in [-0.1, -0.05) is 47.6 Å². The van der Waals surface area contributed by atoms with Crippen LogP contribution in [-0.2, 0) is 12.6 Å². The van der Waals surface area contributed by atoms with Gasteiger partial charge >= 0.3 is 12.1 Å². The number of hydrogen-bond donors (Lipinski definition) is 1. The molecular weight excluding hydrogens is 347 g/mol. The van der Waals surface area contributed by atoms with Crippen molar-refractivity contribution < 1.29 is 22.5 Å². The Bertz CT molecular complexity index is 892. The molecule has 0 bridgehead atoms. The second kappa shape index (κ2) is 7.38. The van der Waals surface area contributed by atoms with E-state index in [9.17, 15) is 18.0 Å². The SMILES string of the molecule is O=C(NCCc1ccccc1)c1cccc(-c2noc(C(F)(F)F)n2)c1. The summed E-state index contributed by atoms with van der Waals surface area (Å²) in [7, 11) is 0. The normalized spacial score (nSPS) is 11.3. The highest BCUT2D eigenvalue weighted by atomic mass is 19.4. The van der Waals surface area contributed by atoms with Crippen molar-refractivity contribution in [3.05, 3.63) is 71.6 Å². The van der Waals surface area contributed by atoms with E-state index in [4.69, 9.17) is 0 Å². The van der Waals surface area contributed by atoms with Gasteiger partial charge in [0.15, 0.2) is 0 Å². The summed E-state index contributed by atoms with van der Waals surface area (Å²) in [6.45, 7) is 0.438. The topological polar surface area (TPSA) is 68.0 Å². The molecule has 0 radical (unpaired) electrons. The first kappa shape index (κ1) is 17.7. The maximum Gasteiger partial charge on any atom is 0.471 e. The van der Waals surface area contributed by atoms with Gasteiger partial charge in [0.2, 0.25) is 5.82 Å². The first-order valence-corrected chi connectivity index (χ1v) is 7.77. The van der Waals surface area contributed by atoms with E-state index in [1.165, 1.54) is 12.1 Å². The van der Waals surface area contributed by atoms with Crippen LogP contribution in [0.25, 0.3) is 11.4 Å². The van der Waals surface area contributed by atoms with Crippen molar-refractivity contribution in [2.75, 3.05) is 6.54 Å². The van der Waals surface area contributed by atoms with Crippen molar-refractivity contribution >= 4 is 5.91 Å². The molecular formula is C18H14F3N3O2. The zero-order valence-electron chi connectivity index (χ0n) is 13.5. The summed E-state index contributed by atoms with van der Waals surface area (Å²) in [6.07, 6.45) is -4.04. The largest absolute Gasteiger partial charge is 0.471 e. The Labute approximate surface area is 146 Å². The van der Waals surface area contributed by atoms with Gasteiger partial charge in [-0.05, 0) is 24.1 Å². The van der Waals surface area contributed by atoms with E-state index in [0.717, 1.165) is 5.56 Å². The Hall–Kier alpha value is -3.16. The molecule has 0 fully saturated rings. The Morgan fingerprint density at radius 1 is 1.08 bits per heavy atom. The van der Waals surface area contributed by atoms with E-state index in [1.54, 1.807) is 12.1 Å². The lowest BCUT2D eigenvalue weighted by atomic mass is 10.1. The fourth-order valence-electron chi connectivity index (χ4n) is 2.32. The average molecular weight is 361 g/mol. The van der Waals surface area contributed by atoms with E-state index in [-0.39, 0.29) is 17.3 Å². The summed E-state index contributed by atoms with van der Waals surface area (Å²) in [6, 6.07) is 15.7. The number of rotatable bonds is 5. The molecule has 0 spiro atoms. The first-order chi connectivity index (χ1) is 12.4. The molecule has 3 aromatic rings. The molecule has 1 heterocycles. The third-order valence-corrected chi connectivity index (χ3v) is 3.59. The molecule has 1 N–H and O–H groups in total. The number of nitrogens with one attached hydrogen (secondary N) is 1. The highest BCUT2D eigenvalue weighted by Crippen LogP contribution is 2.29. The van der Waals surface area contributed by atoms with Gasteiger partial charge in [-0.3, -0.25) is 4.79 Å². The zero-order chi connectivity index (χ0) is 18.6. The molecule has 0 aliphatic heterocycles. The number of aromatic nitrogens is 2. The highest BCUT2D eigenvalue weighted by molar-refractivity contribution is 5.95. The lowest BCUT2D eigenvalue weighted by Gasteiger charge is -2.06.